The Hall–Kier alpha value is -1.69. The molecule has 1 amide bonds. The number of hydrogen-bond donors (Lipinski definition) is 2. The summed E-state index contributed by atoms with van der Waals surface area (Å²) in [5.74, 6) is -0.121. The maximum atomic E-state index is 12.1. The van der Waals surface area contributed by atoms with Crippen molar-refractivity contribution < 1.29 is 18.3 Å². The van der Waals surface area contributed by atoms with Crippen LogP contribution in [0.15, 0.2) is 24.3 Å². The largest absolute Gasteiger partial charge is 0.435 e. The van der Waals surface area contributed by atoms with E-state index >= 15 is 0 Å². The first kappa shape index (κ1) is 16.4. The SMILES string of the molecule is CC(C)NCCCC(=O)Nc1cccc(OC(F)F)c1. The lowest BCUT2D eigenvalue weighted by molar-refractivity contribution is -0.116. The third kappa shape index (κ3) is 7.04. The Labute approximate surface area is 117 Å². The molecule has 0 fully saturated rings. The van der Waals surface area contributed by atoms with E-state index in [1.54, 1.807) is 12.1 Å². The zero-order valence-electron chi connectivity index (χ0n) is 11.7. The number of benzene rings is 1. The lowest BCUT2D eigenvalue weighted by Gasteiger charge is -2.09. The van der Waals surface area contributed by atoms with E-state index in [-0.39, 0.29) is 11.7 Å². The minimum atomic E-state index is -2.87. The molecule has 112 valence electrons. The van der Waals surface area contributed by atoms with Crippen LogP contribution in [0.2, 0.25) is 0 Å². The molecule has 1 aromatic rings. The summed E-state index contributed by atoms with van der Waals surface area (Å²) in [6.07, 6.45) is 1.09. The average Bonchev–Trinajstić information content (AvgIpc) is 2.34. The Bertz CT molecular complexity index is 425. The second-order valence-corrected chi connectivity index (χ2v) is 4.67. The number of halogens is 2. The molecule has 20 heavy (non-hydrogen) atoms. The van der Waals surface area contributed by atoms with Crippen molar-refractivity contribution in [3.05, 3.63) is 24.3 Å². The summed E-state index contributed by atoms with van der Waals surface area (Å²) in [7, 11) is 0. The van der Waals surface area contributed by atoms with Gasteiger partial charge in [0.05, 0.1) is 0 Å². The van der Waals surface area contributed by atoms with Crippen molar-refractivity contribution in [1.82, 2.24) is 5.32 Å². The van der Waals surface area contributed by atoms with Crippen LogP contribution in [0, 0.1) is 0 Å². The predicted octanol–water partition coefficient (Wildman–Crippen LogP) is 3.00. The molecule has 0 spiro atoms. The summed E-state index contributed by atoms with van der Waals surface area (Å²) in [6, 6.07) is 6.35. The number of carbonyl (C=O) groups is 1. The van der Waals surface area contributed by atoms with E-state index in [2.05, 4.69) is 15.4 Å². The number of alkyl halides is 2. The number of carbonyl (C=O) groups excluding carboxylic acids is 1. The Morgan fingerprint density at radius 1 is 1.35 bits per heavy atom. The average molecular weight is 286 g/mol. The van der Waals surface area contributed by atoms with Crippen LogP contribution in [-0.4, -0.2) is 25.1 Å². The van der Waals surface area contributed by atoms with Gasteiger partial charge in [-0.2, -0.15) is 8.78 Å². The first-order chi connectivity index (χ1) is 9.47. The molecule has 0 aromatic heterocycles. The third-order valence-electron chi connectivity index (χ3n) is 2.48. The van der Waals surface area contributed by atoms with Gasteiger partial charge in [0.2, 0.25) is 5.91 Å². The molecule has 0 bridgehead atoms. The first-order valence-electron chi connectivity index (χ1n) is 6.55. The molecule has 0 atom stereocenters. The molecule has 0 radical (unpaired) electrons. The molecular weight excluding hydrogens is 266 g/mol. The second kappa shape index (κ2) is 8.47. The highest BCUT2D eigenvalue weighted by atomic mass is 19.3. The molecular formula is C14H20F2N2O2. The summed E-state index contributed by atoms with van der Waals surface area (Å²) in [6.45, 7) is 1.96. The highest BCUT2D eigenvalue weighted by Gasteiger charge is 2.06. The molecule has 0 aliphatic carbocycles. The quantitative estimate of drug-likeness (QED) is 0.722. The van der Waals surface area contributed by atoms with Gasteiger partial charge in [-0.3, -0.25) is 4.79 Å². The molecule has 0 aliphatic heterocycles. The normalized spacial score (nSPS) is 10.9. The van der Waals surface area contributed by atoms with Crippen molar-refractivity contribution in [3.8, 4) is 5.75 Å². The maximum Gasteiger partial charge on any atom is 0.387 e. The zero-order chi connectivity index (χ0) is 15.0. The highest BCUT2D eigenvalue weighted by Crippen LogP contribution is 2.19. The highest BCUT2D eigenvalue weighted by molar-refractivity contribution is 5.90. The standard InChI is InChI=1S/C14H20F2N2O2/c1-10(2)17-8-4-7-13(19)18-11-5-3-6-12(9-11)20-14(15)16/h3,5-6,9-10,14,17H,4,7-8H2,1-2H3,(H,18,19). The van der Waals surface area contributed by atoms with Crippen LogP contribution in [0.5, 0.6) is 5.75 Å². The monoisotopic (exact) mass is 286 g/mol. The number of rotatable bonds is 8. The van der Waals surface area contributed by atoms with Crippen LogP contribution in [0.4, 0.5) is 14.5 Å². The Balaban J connectivity index is 2.37. The van der Waals surface area contributed by atoms with E-state index < -0.39 is 6.61 Å². The van der Waals surface area contributed by atoms with Crippen molar-refractivity contribution in [1.29, 1.82) is 0 Å². The number of nitrogens with one attached hydrogen (secondary N) is 2. The van der Waals surface area contributed by atoms with Crippen LogP contribution < -0.4 is 15.4 Å². The lowest BCUT2D eigenvalue weighted by Crippen LogP contribution is -2.24. The van der Waals surface area contributed by atoms with Gasteiger partial charge in [0.25, 0.3) is 0 Å². The summed E-state index contributed by atoms with van der Waals surface area (Å²) >= 11 is 0. The van der Waals surface area contributed by atoms with Crippen molar-refractivity contribution in [2.45, 2.75) is 39.3 Å². The molecule has 0 heterocycles. The zero-order valence-corrected chi connectivity index (χ0v) is 11.7. The van der Waals surface area contributed by atoms with Gasteiger partial charge in [0.15, 0.2) is 0 Å². The molecule has 1 rings (SSSR count). The number of anilines is 1. The molecule has 4 nitrogen and oxygen atoms in total. The van der Waals surface area contributed by atoms with Gasteiger partial charge >= 0.3 is 6.61 Å². The topological polar surface area (TPSA) is 50.4 Å². The van der Waals surface area contributed by atoms with E-state index in [1.165, 1.54) is 12.1 Å². The summed E-state index contributed by atoms with van der Waals surface area (Å²) in [5, 5.41) is 5.86. The Morgan fingerprint density at radius 2 is 2.10 bits per heavy atom. The van der Waals surface area contributed by atoms with Gasteiger partial charge in [-0.15, -0.1) is 0 Å². The third-order valence-corrected chi connectivity index (χ3v) is 2.48. The number of ether oxygens (including phenoxy) is 1. The van der Waals surface area contributed by atoms with E-state index in [9.17, 15) is 13.6 Å². The number of hydrogen-bond acceptors (Lipinski definition) is 3. The van der Waals surface area contributed by atoms with Gasteiger partial charge in [-0.25, -0.2) is 0 Å². The lowest BCUT2D eigenvalue weighted by atomic mass is 10.2. The van der Waals surface area contributed by atoms with E-state index in [0.29, 0.717) is 18.2 Å². The fraction of sp³-hybridized carbons (Fsp3) is 0.500. The van der Waals surface area contributed by atoms with Crippen LogP contribution in [0.1, 0.15) is 26.7 Å². The minimum Gasteiger partial charge on any atom is -0.435 e. The van der Waals surface area contributed by atoms with Crippen LogP contribution in [0.3, 0.4) is 0 Å². The molecule has 0 saturated heterocycles. The van der Waals surface area contributed by atoms with Crippen LogP contribution >= 0.6 is 0 Å². The van der Waals surface area contributed by atoms with E-state index in [4.69, 9.17) is 0 Å². The fourth-order valence-electron chi connectivity index (χ4n) is 1.61. The Kier molecular flexibility index (Phi) is 6.93. The van der Waals surface area contributed by atoms with Crippen molar-refractivity contribution >= 4 is 11.6 Å². The molecule has 6 heteroatoms. The smallest absolute Gasteiger partial charge is 0.387 e. The summed E-state index contributed by atoms with van der Waals surface area (Å²) in [5.41, 5.74) is 0.449. The molecule has 1 aromatic carbocycles. The molecule has 2 N–H and O–H groups in total. The predicted molar refractivity (Wildman–Crippen MR) is 74.1 cm³/mol. The van der Waals surface area contributed by atoms with Crippen LogP contribution in [-0.2, 0) is 4.79 Å². The second-order valence-electron chi connectivity index (χ2n) is 4.67. The van der Waals surface area contributed by atoms with Gasteiger partial charge in [0, 0.05) is 24.2 Å². The van der Waals surface area contributed by atoms with Gasteiger partial charge in [-0.05, 0) is 25.1 Å². The van der Waals surface area contributed by atoms with Gasteiger partial charge in [0.1, 0.15) is 5.75 Å². The summed E-state index contributed by atoms with van der Waals surface area (Å²) in [4.78, 5) is 11.7. The molecule has 0 unspecified atom stereocenters. The van der Waals surface area contributed by atoms with Crippen molar-refractivity contribution in [2.75, 3.05) is 11.9 Å². The van der Waals surface area contributed by atoms with Gasteiger partial charge < -0.3 is 15.4 Å². The van der Waals surface area contributed by atoms with Crippen LogP contribution in [0.25, 0.3) is 0 Å². The minimum absolute atomic E-state index is 0.0271. The van der Waals surface area contributed by atoms with E-state index in [0.717, 1.165) is 13.0 Å². The van der Waals surface area contributed by atoms with E-state index in [1.807, 2.05) is 13.8 Å². The Morgan fingerprint density at radius 3 is 2.75 bits per heavy atom. The van der Waals surface area contributed by atoms with Crippen molar-refractivity contribution in [3.63, 3.8) is 0 Å². The summed E-state index contributed by atoms with van der Waals surface area (Å²) < 4.78 is 28.4. The number of amides is 1. The molecule has 0 saturated carbocycles. The fourth-order valence-corrected chi connectivity index (χ4v) is 1.61. The molecule has 0 aliphatic rings. The van der Waals surface area contributed by atoms with Gasteiger partial charge in [-0.1, -0.05) is 19.9 Å². The maximum absolute atomic E-state index is 12.1. The first-order valence-corrected chi connectivity index (χ1v) is 6.55. The van der Waals surface area contributed by atoms with Crippen molar-refractivity contribution in [2.24, 2.45) is 0 Å².